The molecule has 1 amide bonds. The van der Waals surface area contributed by atoms with Crippen molar-refractivity contribution < 1.29 is 9.21 Å². The molecule has 0 radical (unpaired) electrons. The number of hydrogen-bond donors (Lipinski definition) is 1. The van der Waals surface area contributed by atoms with Gasteiger partial charge in [0.25, 0.3) is 0 Å². The van der Waals surface area contributed by atoms with Crippen LogP contribution < -0.4 is 5.32 Å². The first-order chi connectivity index (χ1) is 13.4. The predicted molar refractivity (Wildman–Crippen MR) is 114 cm³/mol. The van der Waals surface area contributed by atoms with Crippen LogP contribution in [0.25, 0.3) is 11.3 Å². The zero-order valence-corrected chi connectivity index (χ0v) is 17.9. The molecule has 0 aliphatic carbocycles. The van der Waals surface area contributed by atoms with Gasteiger partial charge in [-0.3, -0.25) is 4.79 Å². The van der Waals surface area contributed by atoms with Crippen LogP contribution in [0.1, 0.15) is 23.9 Å². The van der Waals surface area contributed by atoms with E-state index >= 15 is 0 Å². The molecule has 5 nitrogen and oxygen atoms in total. The van der Waals surface area contributed by atoms with Gasteiger partial charge in [-0.2, -0.15) is 11.3 Å². The number of hydrogen-bond acceptors (Lipinski definition) is 5. The summed E-state index contributed by atoms with van der Waals surface area (Å²) in [7, 11) is 4.01. The summed E-state index contributed by atoms with van der Waals surface area (Å²) in [5.41, 5.74) is 1.92. The van der Waals surface area contributed by atoms with E-state index in [1.165, 1.54) is 5.56 Å². The van der Waals surface area contributed by atoms with Crippen LogP contribution in [0.3, 0.4) is 0 Å². The summed E-state index contributed by atoms with van der Waals surface area (Å²) >= 11 is 13.8. The number of oxazole rings is 1. The predicted octanol–water partition coefficient (Wildman–Crippen LogP) is 5.06. The quantitative estimate of drug-likeness (QED) is 0.534. The van der Waals surface area contributed by atoms with Crippen molar-refractivity contribution >= 4 is 40.4 Å². The van der Waals surface area contributed by atoms with Gasteiger partial charge in [-0.15, -0.1) is 0 Å². The van der Waals surface area contributed by atoms with Gasteiger partial charge in [0.15, 0.2) is 11.7 Å². The van der Waals surface area contributed by atoms with E-state index in [0.29, 0.717) is 41.1 Å². The van der Waals surface area contributed by atoms with Crippen molar-refractivity contribution in [2.24, 2.45) is 0 Å². The average Bonchev–Trinajstić information content (AvgIpc) is 3.32. The Kier molecular flexibility index (Phi) is 7.13. The van der Waals surface area contributed by atoms with Gasteiger partial charge in [0.2, 0.25) is 5.91 Å². The lowest BCUT2D eigenvalue weighted by Crippen LogP contribution is -2.34. The normalized spacial score (nSPS) is 12.3. The highest BCUT2D eigenvalue weighted by Crippen LogP contribution is 2.30. The maximum atomic E-state index is 12.2. The Morgan fingerprint density at radius 1 is 1.32 bits per heavy atom. The first-order valence-corrected chi connectivity index (χ1v) is 10.5. The van der Waals surface area contributed by atoms with Gasteiger partial charge < -0.3 is 14.6 Å². The Balaban J connectivity index is 1.53. The Bertz CT molecular complexity index is 925. The second-order valence-electron chi connectivity index (χ2n) is 6.58. The number of benzene rings is 1. The first-order valence-electron chi connectivity index (χ1n) is 8.79. The molecule has 0 spiro atoms. The minimum atomic E-state index is -0.0358. The van der Waals surface area contributed by atoms with Gasteiger partial charge in [-0.25, -0.2) is 4.98 Å². The number of halogens is 2. The van der Waals surface area contributed by atoms with Crippen molar-refractivity contribution in [3.63, 3.8) is 0 Å². The van der Waals surface area contributed by atoms with Crippen LogP contribution in [0.5, 0.6) is 0 Å². The molecule has 3 aromatic rings. The maximum Gasteiger partial charge on any atom is 0.220 e. The smallest absolute Gasteiger partial charge is 0.220 e. The van der Waals surface area contributed by atoms with Crippen LogP contribution in [0.4, 0.5) is 0 Å². The number of rotatable bonds is 8. The second-order valence-corrected chi connectivity index (χ2v) is 8.21. The van der Waals surface area contributed by atoms with Crippen LogP contribution in [0.15, 0.2) is 45.6 Å². The van der Waals surface area contributed by atoms with Crippen LogP contribution >= 0.6 is 34.5 Å². The van der Waals surface area contributed by atoms with Gasteiger partial charge in [0.1, 0.15) is 0 Å². The Morgan fingerprint density at radius 2 is 2.14 bits per heavy atom. The highest BCUT2D eigenvalue weighted by molar-refractivity contribution is 7.08. The lowest BCUT2D eigenvalue weighted by atomic mass is 10.1. The van der Waals surface area contributed by atoms with Gasteiger partial charge >= 0.3 is 0 Å². The Morgan fingerprint density at radius 3 is 2.82 bits per heavy atom. The van der Waals surface area contributed by atoms with E-state index in [1.807, 2.05) is 19.5 Å². The molecule has 1 N–H and O–H groups in total. The fourth-order valence-electron chi connectivity index (χ4n) is 2.82. The summed E-state index contributed by atoms with van der Waals surface area (Å²) < 4.78 is 5.74. The van der Waals surface area contributed by atoms with Crippen LogP contribution in [0.2, 0.25) is 10.0 Å². The second kappa shape index (κ2) is 9.56. The molecule has 28 heavy (non-hydrogen) atoms. The molecular weight excluding hydrogens is 417 g/mol. The van der Waals surface area contributed by atoms with E-state index in [4.69, 9.17) is 27.6 Å². The molecule has 0 fully saturated rings. The minimum Gasteiger partial charge on any atom is -0.441 e. The van der Waals surface area contributed by atoms with Crippen molar-refractivity contribution in [2.75, 3.05) is 20.6 Å². The van der Waals surface area contributed by atoms with Crippen molar-refractivity contribution in [1.82, 2.24) is 15.2 Å². The molecule has 1 atom stereocenters. The first kappa shape index (κ1) is 20.9. The van der Waals surface area contributed by atoms with Gasteiger partial charge in [-0.1, -0.05) is 23.2 Å². The van der Waals surface area contributed by atoms with E-state index in [2.05, 4.69) is 26.6 Å². The number of nitrogens with one attached hydrogen (secondary N) is 1. The molecule has 0 aliphatic heterocycles. The third kappa shape index (κ3) is 5.35. The molecule has 0 saturated carbocycles. The lowest BCUT2D eigenvalue weighted by molar-refractivity contribution is -0.121. The number of aromatic nitrogens is 1. The van der Waals surface area contributed by atoms with E-state index < -0.39 is 0 Å². The molecule has 3 rings (SSSR count). The summed E-state index contributed by atoms with van der Waals surface area (Å²) in [6.07, 6.45) is 2.33. The Hall–Kier alpha value is -1.86. The summed E-state index contributed by atoms with van der Waals surface area (Å²) in [4.78, 5) is 18.6. The fraction of sp³-hybridized carbons (Fsp3) is 0.300. The molecule has 0 aliphatic rings. The molecule has 0 saturated heterocycles. The van der Waals surface area contributed by atoms with Gasteiger partial charge in [-0.05, 0) is 54.7 Å². The summed E-state index contributed by atoms with van der Waals surface area (Å²) in [6.45, 7) is 0.555. The Labute approximate surface area is 178 Å². The number of thiophene rings is 1. The fourth-order valence-corrected chi connectivity index (χ4v) is 4.03. The molecule has 1 aromatic carbocycles. The monoisotopic (exact) mass is 437 g/mol. The summed E-state index contributed by atoms with van der Waals surface area (Å²) in [5.74, 6) is 1.02. The van der Waals surface area contributed by atoms with E-state index in [9.17, 15) is 4.79 Å². The largest absolute Gasteiger partial charge is 0.441 e. The van der Waals surface area contributed by atoms with Crippen molar-refractivity contribution in [2.45, 2.75) is 18.9 Å². The highest BCUT2D eigenvalue weighted by Gasteiger charge is 2.16. The SMILES string of the molecule is CN(C)[C@@H](CNC(=O)CCc1ncc(-c2ccc(Cl)cc2Cl)o1)c1ccsc1. The van der Waals surface area contributed by atoms with Crippen molar-refractivity contribution in [3.05, 3.63) is 62.7 Å². The van der Waals surface area contributed by atoms with E-state index in [-0.39, 0.29) is 11.9 Å². The topological polar surface area (TPSA) is 58.4 Å². The van der Waals surface area contributed by atoms with Crippen LogP contribution in [0, 0.1) is 0 Å². The van der Waals surface area contributed by atoms with Crippen LogP contribution in [-0.2, 0) is 11.2 Å². The average molecular weight is 438 g/mol. The number of amides is 1. The van der Waals surface area contributed by atoms with E-state index in [0.717, 1.165) is 5.56 Å². The zero-order chi connectivity index (χ0) is 20.1. The molecule has 8 heteroatoms. The summed E-state index contributed by atoms with van der Waals surface area (Å²) in [5, 5.41) is 8.20. The standard InChI is InChI=1S/C20H21Cl2N3O2S/c1-25(2)17(13-7-8-28-12-13)10-23-19(26)5-6-20-24-11-18(27-20)15-4-3-14(21)9-16(15)22/h3-4,7-9,11-12,17H,5-6,10H2,1-2H3,(H,23,26)/t17-/m0/s1. The van der Waals surface area contributed by atoms with Crippen LogP contribution in [-0.4, -0.2) is 36.4 Å². The molecule has 2 aromatic heterocycles. The van der Waals surface area contributed by atoms with Crippen molar-refractivity contribution in [3.8, 4) is 11.3 Å². The zero-order valence-electron chi connectivity index (χ0n) is 15.6. The van der Waals surface area contributed by atoms with Gasteiger partial charge in [0.05, 0.1) is 17.3 Å². The minimum absolute atomic E-state index is 0.0358. The van der Waals surface area contributed by atoms with Gasteiger partial charge in [0, 0.05) is 30.0 Å². The van der Waals surface area contributed by atoms with E-state index in [1.54, 1.807) is 35.7 Å². The number of likely N-dealkylation sites (N-methyl/N-ethyl adjacent to an activating group) is 1. The molecular formula is C20H21Cl2N3O2S. The highest BCUT2D eigenvalue weighted by atomic mass is 35.5. The number of carbonyl (C=O) groups is 1. The molecule has 148 valence electrons. The molecule has 0 unspecified atom stereocenters. The number of carbonyl (C=O) groups excluding carboxylic acids is 1. The maximum absolute atomic E-state index is 12.2. The number of nitrogens with zero attached hydrogens (tertiary/aromatic N) is 2. The van der Waals surface area contributed by atoms with Crippen molar-refractivity contribution in [1.29, 1.82) is 0 Å². The third-order valence-corrected chi connectivity index (χ3v) is 5.61. The third-order valence-electron chi connectivity index (χ3n) is 4.36. The number of aryl methyl sites for hydroxylation is 1. The lowest BCUT2D eigenvalue weighted by Gasteiger charge is -2.23. The molecule has 2 heterocycles. The summed E-state index contributed by atoms with van der Waals surface area (Å²) in [6, 6.07) is 7.41. The molecule has 0 bridgehead atoms.